The van der Waals surface area contributed by atoms with Crippen LogP contribution in [0, 0.1) is 4.77 Å². The average Bonchev–Trinajstić information content (AvgIpc) is 3.31. The molecule has 1 fully saturated rings. The highest BCUT2D eigenvalue weighted by molar-refractivity contribution is 7.71. The first-order valence-electron chi connectivity index (χ1n) is 8.20. The molecule has 0 saturated heterocycles. The smallest absolute Gasteiger partial charge is 0.199 e. The summed E-state index contributed by atoms with van der Waals surface area (Å²) in [6.45, 7) is 2.16. The molecule has 4 rings (SSSR count). The lowest BCUT2D eigenvalue weighted by molar-refractivity contribution is 0.838. The Kier molecular flexibility index (Phi) is 4.02. The molecule has 0 bridgehead atoms. The number of hydrogen-bond donors (Lipinski definition) is 1. The van der Waals surface area contributed by atoms with E-state index in [1.54, 1.807) is 0 Å². The molecule has 24 heavy (non-hydrogen) atoms. The minimum atomic E-state index is 0.393. The lowest BCUT2D eigenvalue weighted by Gasteiger charge is -2.11. The van der Waals surface area contributed by atoms with Crippen LogP contribution in [-0.2, 0) is 6.42 Å². The number of aryl methyl sites for hydroxylation is 1. The predicted octanol–water partition coefficient (Wildman–Crippen LogP) is 5.42. The molecule has 1 saturated carbocycles. The van der Waals surface area contributed by atoms with E-state index in [9.17, 15) is 0 Å². The van der Waals surface area contributed by atoms with Gasteiger partial charge in [-0.2, -0.15) is 5.10 Å². The summed E-state index contributed by atoms with van der Waals surface area (Å²) in [6, 6.07) is 16.5. The summed E-state index contributed by atoms with van der Waals surface area (Å²) in [5, 5.41) is 8.30. The van der Waals surface area contributed by atoms with E-state index in [1.807, 2.05) is 12.1 Å². The van der Waals surface area contributed by atoms with E-state index in [0.29, 0.717) is 16.6 Å². The molecule has 1 aromatic heterocycles. The van der Waals surface area contributed by atoms with Crippen molar-refractivity contribution in [3.05, 3.63) is 75.3 Å². The van der Waals surface area contributed by atoms with Crippen molar-refractivity contribution in [2.45, 2.75) is 31.6 Å². The zero-order valence-electron chi connectivity index (χ0n) is 13.4. The highest BCUT2D eigenvalue weighted by atomic mass is 35.5. The number of benzene rings is 2. The normalized spacial score (nSPS) is 19.4. The highest BCUT2D eigenvalue weighted by Gasteiger charge is 2.43. The van der Waals surface area contributed by atoms with E-state index in [-0.39, 0.29) is 0 Å². The van der Waals surface area contributed by atoms with Crippen LogP contribution >= 0.6 is 23.8 Å². The first-order chi connectivity index (χ1) is 11.7. The van der Waals surface area contributed by atoms with Crippen LogP contribution in [0.4, 0.5) is 0 Å². The number of halogens is 1. The van der Waals surface area contributed by atoms with Gasteiger partial charge < -0.3 is 0 Å². The molecule has 0 unspecified atom stereocenters. The van der Waals surface area contributed by atoms with Crippen LogP contribution in [0.3, 0.4) is 0 Å². The van der Waals surface area contributed by atoms with Gasteiger partial charge in [-0.15, -0.1) is 0 Å². The molecule has 0 aliphatic heterocycles. The number of hydrogen-bond acceptors (Lipinski definition) is 2. The van der Waals surface area contributed by atoms with Crippen LogP contribution in [0.5, 0.6) is 0 Å². The molecule has 122 valence electrons. The largest absolute Gasteiger partial charge is 0.272 e. The number of rotatable bonds is 4. The van der Waals surface area contributed by atoms with Gasteiger partial charge in [0.1, 0.15) is 5.82 Å². The Morgan fingerprint density at radius 1 is 1.17 bits per heavy atom. The van der Waals surface area contributed by atoms with Gasteiger partial charge in [-0.05, 0) is 60.3 Å². The Morgan fingerprint density at radius 2 is 1.92 bits per heavy atom. The standard InChI is InChI=1S/C19H18ClN3S/c1-2-12-5-3-4-6-17(12)23-18(21-22-19(23)24)16-11-15(16)13-7-9-14(20)10-8-13/h3-10,15-16H,2,11H2,1H3,(H,22,24)/t15-,16+/m0/s1. The van der Waals surface area contributed by atoms with Crippen molar-refractivity contribution < 1.29 is 0 Å². The minimum absolute atomic E-state index is 0.393. The summed E-state index contributed by atoms with van der Waals surface area (Å²) in [6.07, 6.45) is 2.06. The van der Waals surface area contributed by atoms with Gasteiger partial charge >= 0.3 is 0 Å². The summed E-state index contributed by atoms with van der Waals surface area (Å²) in [4.78, 5) is 0. The highest BCUT2D eigenvalue weighted by Crippen LogP contribution is 2.54. The van der Waals surface area contributed by atoms with Gasteiger partial charge in [0.25, 0.3) is 0 Å². The van der Waals surface area contributed by atoms with Crippen molar-refractivity contribution in [2.75, 3.05) is 0 Å². The molecule has 3 nitrogen and oxygen atoms in total. The van der Waals surface area contributed by atoms with Gasteiger partial charge in [0.05, 0.1) is 5.69 Å². The number of aromatic nitrogens is 3. The first-order valence-corrected chi connectivity index (χ1v) is 8.98. The zero-order valence-corrected chi connectivity index (χ0v) is 14.9. The Hall–Kier alpha value is -1.91. The van der Waals surface area contributed by atoms with Crippen LogP contribution < -0.4 is 0 Å². The fraction of sp³-hybridized carbons (Fsp3) is 0.263. The molecule has 0 amide bonds. The van der Waals surface area contributed by atoms with Gasteiger partial charge in [-0.1, -0.05) is 48.9 Å². The monoisotopic (exact) mass is 355 g/mol. The number of nitrogens with one attached hydrogen (secondary N) is 1. The van der Waals surface area contributed by atoms with E-state index in [4.69, 9.17) is 23.8 Å². The molecule has 2 aromatic carbocycles. The predicted molar refractivity (Wildman–Crippen MR) is 99.7 cm³/mol. The van der Waals surface area contributed by atoms with Crippen molar-refractivity contribution >= 4 is 23.8 Å². The van der Waals surface area contributed by atoms with Crippen LogP contribution in [0.2, 0.25) is 5.02 Å². The molecular weight excluding hydrogens is 338 g/mol. The van der Waals surface area contributed by atoms with E-state index in [1.165, 1.54) is 11.1 Å². The third kappa shape index (κ3) is 2.70. The quantitative estimate of drug-likeness (QED) is 0.634. The maximum Gasteiger partial charge on any atom is 0.199 e. The fourth-order valence-electron chi connectivity index (χ4n) is 3.38. The van der Waals surface area contributed by atoms with Crippen LogP contribution in [0.25, 0.3) is 5.69 Å². The Balaban J connectivity index is 1.72. The van der Waals surface area contributed by atoms with Crippen LogP contribution in [0.15, 0.2) is 48.5 Å². The van der Waals surface area contributed by atoms with E-state index < -0.39 is 0 Å². The lowest BCUT2D eigenvalue weighted by atomic mass is 10.1. The van der Waals surface area contributed by atoms with Crippen molar-refractivity contribution in [1.29, 1.82) is 0 Å². The summed E-state index contributed by atoms with van der Waals surface area (Å²) in [5.41, 5.74) is 3.73. The Bertz CT molecular complexity index is 926. The number of H-pyrrole nitrogens is 1. The van der Waals surface area contributed by atoms with Crippen molar-refractivity contribution in [2.24, 2.45) is 0 Å². The molecule has 1 N–H and O–H groups in total. The third-order valence-corrected chi connectivity index (χ3v) is 5.26. The molecule has 1 heterocycles. The Labute approximate surface area is 151 Å². The van der Waals surface area contributed by atoms with E-state index in [2.05, 4.69) is 58.1 Å². The molecule has 5 heteroatoms. The molecule has 1 aliphatic rings. The number of nitrogens with zero attached hydrogens (tertiary/aromatic N) is 2. The number of aromatic amines is 1. The van der Waals surface area contributed by atoms with Crippen molar-refractivity contribution in [3.8, 4) is 5.69 Å². The van der Waals surface area contributed by atoms with E-state index in [0.717, 1.165) is 29.4 Å². The second-order valence-corrected chi connectivity index (χ2v) is 7.03. The topological polar surface area (TPSA) is 33.6 Å². The molecule has 0 spiro atoms. The Morgan fingerprint density at radius 3 is 2.67 bits per heavy atom. The van der Waals surface area contributed by atoms with Crippen molar-refractivity contribution in [3.63, 3.8) is 0 Å². The molecule has 0 radical (unpaired) electrons. The molecule has 1 aliphatic carbocycles. The first kappa shape index (κ1) is 15.6. The molecular formula is C19H18ClN3S. The minimum Gasteiger partial charge on any atom is -0.272 e. The lowest BCUT2D eigenvalue weighted by Crippen LogP contribution is -2.04. The average molecular weight is 356 g/mol. The van der Waals surface area contributed by atoms with Gasteiger partial charge in [0, 0.05) is 10.9 Å². The van der Waals surface area contributed by atoms with Crippen LogP contribution in [-0.4, -0.2) is 14.8 Å². The summed E-state index contributed by atoms with van der Waals surface area (Å²) in [5.74, 6) is 1.91. The fourth-order valence-corrected chi connectivity index (χ4v) is 3.74. The van der Waals surface area contributed by atoms with Gasteiger partial charge in [0.2, 0.25) is 0 Å². The summed E-state index contributed by atoms with van der Waals surface area (Å²) >= 11 is 11.5. The maximum atomic E-state index is 6.00. The second-order valence-electron chi connectivity index (χ2n) is 6.20. The maximum absolute atomic E-state index is 6.00. The number of para-hydroxylation sites is 1. The second kappa shape index (κ2) is 6.19. The summed E-state index contributed by atoms with van der Waals surface area (Å²) in [7, 11) is 0. The van der Waals surface area contributed by atoms with Crippen LogP contribution in [0.1, 0.15) is 42.1 Å². The SMILES string of the molecule is CCc1ccccc1-n1c([C@@H]2C[C@H]2c2ccc(Cl)cc2)n[nH]c1=S. The van der Waals surface area contributed by atoms with E-state index >= 15 is 0 Å². The third-order valence-electron chi connectivity index (χ3n) is 4.73. The zero-order chi connectivity index (χ0) is 16.7. The molecule has 3 aromatic rings. The van der Waals surface area contributed by atoms with Crippen molar-refractivity contribution in [1.82, 2.24) is 14.8 Å². The summed E-state index contributed by atoms with van der Waals surface area (Å²) < 4.78 is 2.77. The van der Waals surface area contributed by atoms with Gasteiger partial charge in [0.15, 0.2) is 4.77 Å². The molecule has 2 atom stereocenters. The van der Waals surface area contributed by atoms with Gasteiger partial charge in [-0.3, -0.25) is 9.67 Å². The van der Waals surface area contributed by atoms with Gasteiger partial charge in [-0.25, -0.2) is 0 Å².